The Labute approximate surface area is 107 Å². The molecular formula is C10H6Cl2N4O. The number of pyridine rings is 1. The molecule has 0 bridgehead atoms. The second-order valence-corrected chi connectivity index (χ2v) is 3.79. The minimum atomic E-state index is -0.439. The first-order valence-corrected chi connectivity index (χ1v) is 5.33. The fourth-order valence-electron chi connectivity index (χ4n) is 1.13. The third-order valence-corrected chi connectivity index (χ3v) is 2.33. The number of nitrogens with one attached hydrogen (secondary N) is 1. The standard InChI is InChI=1S/C10H6Cl2N4O/c11-7-5-6(9(12)16-15-7)10(17)14-8-3-1-2-4-13-8/h1-5H,(H,13,14,17). The Balaban J connectivity index is 2.23. The predicted molar refractivity (Wildman–Crippen MR) is 64.2 cm³/mol. The second kappa shape index (κ2) is 5.07. The molecule has 2 aromatic rings. The molecule has 86 valence electrons. The van der Waals surface area contributed by atoms with Crippen molar-refractivity contribution in [3.05, 3.63) is 46.3 Å². The van der Waals surface area contributed by atoms with Crippen molar-refractivity contribution in [1.82, 2.24) is 15.2 Å². The van der Waals surface area contributed by atoms with Crippen LogP contribution in [0, 0.1) is 0 Å². The maximum absolute atomic E-state index is 11.8. The maximum atomic E-state index is 11.8. The van der Waals surface area contributed by atoms with Crippen LogP contribution in [-0.4, -0.2) is 21.1 Å². The lowest BCUT2D eigenvalue weighted by Crippen LogP contribution is -2.14. The van der Waals surface area contributed by atoms with Gasteiger partial charge in [0.1, 0.15) is 5.82 Å². The van der Waals surface area contributed by atoms with Gasteiger partial charge in [0.25, 0.3) is 5.91 Å². The van der Waals surface area contributed by atoms with E-state index >= 15 is 0 Å². The van der Waals surface area contributed by atoms with E-state index in [0.29, 0.717) is 5.82 Å². The molecule has 5 nitrogen and oxygen atoms in total. The summed E-state index contributed by atoms with van der Waals surface area (Å²) in [5.41, 5.74) is 0.150. The van der Waals surface area contributed by atoms with Crippen LogP contribution in [0.25, 0.3) is 0 Å². The normalized spacial score (nSPS) is 10.0. The molecule has 0 unspecified atom stereocenters. The van der Waals surface area contributed by atoms with Crippen LogP contribution in [0.5, 0.6) is 0 Å². The van der Waals surface area contributed by atoms with Crippen LogP contribution in [-0.2, 0) is 0 Å². The highest BCUT2D eigenvalue weighted by Gasteiger charge is 2.13. The Morgan fingerprint density at radius 1 is 1.24 bits per heavy atom. The van der Waals surface area contributed by atoms with E-state index in [4.69, 9.17) is 23.2 Å². The largest absolute Gasteiger partial charge is 0.306 e. The summed E-state index contributed by atoms with van der Waals surface area (Å²) in [4.78, 5) is 15.8. The highest BCUT2D eigenvalue weighted by molar-refractivity contribution is 6.34. The molecule has 0 aliphatic carbocycles. The van der Waals surface area contributed by atoms with Gasteiger partial charge in [0, 0.05) is 6.20 Å². The van der Waals surface area contributed by atoms with Crippen molar-refractivity contribution >= 4 is 34.9 Å². The maximum Gasteiger partial charge on any atom is 0.260 e. The van der Waals surface area contributed by atoms with E-state index in [-0.39, 0.29) is 15.9 Å². The van der Waals surface area contributed by atoms with Gasteiger partial charge in [-0.15, -0.1) is 10.2 Å². The van der Waals surface area contributed by atoms with Crippen molar-refractivity contribution in [3.8, 4) is 0 Å². The van der Waals surface area contributed by atoms with Gasteiger partial charge in [0.15, 0.2) is 10.3 Å². The Bertz CT molecular complexity index is 547. The van der Waals surface area contributed by atoms with Crippen LogP contribution in [0.4, 0.5) is 5.82 Å². The zero-order valence-corrected chi connectivity index (χ0v) is 9.90. The monoisotopic (exact) mass is 268 g/mol. The van der Waals surface area contributed by atoms with Crippen molar-refractivity contribution in [2.24, 2.45) is 0 Å². The van der Waals surface area contributed by atoms with E-state index in [1.54, 1.807) is 24.4 Å². The first-order valence-electron chi connectivity index (χ1n) is 4.58. The zero-order valence-electron chi connectivity index (χ0n) is 8.39. The van der Waals surface area contributed by atoms with Crippen molar-refractivity contribution in [3.63, 3.8) is 0 Å². The van der Waals surface area contributed by atoms with Gasteiger partial charge in [-0.25, -0.2) is 4.98 Å². The van der Waals surface area contributed by atoms with Gasteiger partial charge in [-0.3, -0.25) is 4.79 Å². The van der Waals surface area contributed by atoms with Crippen LogP contribution in [0.1, 0.15) is 10.4 Å². The molecule has 0 aliphatic heterocycles. The number of nitrogens with zero attached hydrogens (tertiary/aromatic N) is 3. The molecule has 0 saturated heterocycles. The lowest BCUT2D eigenvalue weighted by Gasteiger charge is -2.04. The van der Waals surface area contributed by atoms with E-state index in [2.05, 4.69) is 20.5 Å². The van der Waals surface area contributed by atoms with Crippen molar-refractivity contribution in [2.45, 2.75) is 0 Å². The summed E-state index contributed by atoms with van der Waals surface area (Å²) in [6, 6.07) is 6.49. The predicted octanol–water partition coefficient (Wildman–Crippen LogP) is 2.43. The summed E-state index contributed by atoms with van der Waals surface area (Å²) in [6.45, 7) is 0. The van der Waals surface area contributed by atoms with Gasteiger partial charge >= 0.3 is 0 Å². The summed E-state index contributed by atoms with van der Waals surface area (Å²) in [7, 11) is 0. The molecule has 0 radical (unpaired) electrons. The summed E-state index contributed by atoms with van der Waals surface area (Å²) < 4.78 is 0. The smallest absolute Gasteiger partial charge is 0.260 e. The van der Waals surface area contributed by atoms with Gasteiger partial charge in [-0.2, -0.15) is 0 Å². The lowest BCUT2D eigenvalue weighted by atomic mass is 10.3. The van der Waals surface area contributed by atoms with E-state index in [0.717, 1.165) is 0 Å². The number of anilines is 1. The van der Waals surface area contributed by atoms with Crippen LogP contribution in [0.15, 0.2) is 30.5 Å². The van der Waals surface area contributed by atoms with E-state index < -0.39 is 5.91 Å². The van der Waals surface area contributed by atoms with E-state index in [1.165, 1.54) is 6.07 Å². The molecule has 2 rings (SSSR count). The SMILES string of the molecule is O=C(Nc1ccccn1)c1cc(Cl)nnc1Cl. The van der Waals surface area contributed by atoms with Crippen LogP contribution < -0.4 is 5.32 Å². The molecule has 0 fully saturated rings. The number of carbonyl (C=O) groups excluding carboxylic acids is 1. The Morgan fingerprint density at radius 2 is 2.06 bits per heavy atom. The first kappa shape index (κ1) is 11.8. The molecule has 1 N–H and O–H groups in total. The van der Waals surface area contributed by atoms with Crippen LogP contribution in [0.2, 0.25) is 10.3 Å². The molecule has 0 spiro atoms. The van der Waals surface area contributed by atoms with Gasteiger partial charge in [-0.05, 0) is 18.2 Å². The highest BCUT2D eigenvalue weighted by Crippen LogP contribution is 2.16. The van der Waals surface area contributed by atoms with Gasteiger partial charge < -0.3 is 5.32 Å². The third-order valence-electron chi connectivity index (χ3n) is 1.87. The Kier molecular flexibility index (Phi) is 3.51. The van der Waals surface area contributed by atoms with Crippen molar-refractivity contribution in [1.29, 1.82) is 0 Å². The number of hydrogen-bond donors (Lipinski definition) is 1. The number of rotatable bonds is 2. The zero-order chi connectivity index (χ0) is 12.3. The number of aromatic nitrogens is 3. The fourth-order valence-corrected chi connectivity index (χ4v) is 1.46. The number of halogens is 2. The van der Waals surface area contributed by atoms with E-state index in [9.17, 15) is 4.79 Å². The molecule has 0 saturated carbocycles. The van der Waals surface area contributed by atoms with Crippen LogP contribution in [0.3, 0.4) is 0 Å². The average molecular weight is 269 g/mol. The molecule has 0 aromatic carbocycles. The van der Waals surface area contributed by atoms with Gasteiger partial charge in [0.05, 0.1) is 5.56 Å². The minimum absolute atomic E-state index is 0.0113. The summed E-state index contributed by atoms with van der Waals surface area (Å²) in [5, 5.41) is 9.71. The fraction of sp³-hybridized carbons (Fsp3) is 0. The molecule has 7 heteroatoms. The van der Waals surface area contributed by atoms with Gasteiger partial charge in [0.2, 0.25) is 0 Å². The first-order chi connectivity index (χ1) is 8.16. The molecule has 1 amide bonds. The summed E-state index contributed by atoms with van der Waals surface area (Å²) in [5.74, 6) is -0.0213. The molecule has 2 heterocycles. The Morgan fingerprint density at radius 3 is 2.76 bits per heavy atom. The molecule has 0 atom stereocenters. The number of amides is 1. The topological polar surface area (TPSA) is 67.8 Å². The minimum Gasteiger partial charge on any atom is -0.306 e. The second-order valence-electron chi connectivity index (χ2n) is 3.04. The van der Waals surface area contributed by atoms with Crippen LogP contribution >= 0.6 is 23.2 Å². The highest BCUT2D eigenvalue weighted by atomic mass is 35.5. The molecule has 17 heavy (non-hydrogen) atoms. The molecular weight excluding hydrogens is 263 g/mol. The van der Waals surface area contributed by atoms with Crippen molar-refractivity contribution in [2.75, 3.05) is 5.32 Å². The molecule has 0 aliphatic rings. The third kappa shape index (κ3) is 2.89. The lowest BCUT2D eigenvalue weighted by molar-refractivity contribution is 0.102. The van der Waals surface area contributed by atoms with E-state index in [1.807, 2.05) is 0 Å². The summed E-state index contributed by atoms with van der Waals surface area (Å²) in [6.07, 6.45) is 1.56. The summed E-state index contributed by atoms with van der Waals surface area (Å²) >= 11 is 11.4. The number of carbonyl (C=O) groups is 1. The van der Waals surface area contributed by atoms with Crippen molar-refractivity contribution < 1.29 is 4.79 Å². The molecule has 2 aromatic heterocycles. The average Bonchev–Trinajstić information content (AvgIpc) is 2.33. The number of hydrogen-bond acceptors (Lipinski definition) is 4. The van der Waals surface area contributed by atoms with Gasteiger partial charge in [-0.1, -0.05) is 29.3 Å². The Hall–Kier alpha value is -1.72. The quantitative estimate of drug-likeness (QED) is 0.909.